The molecule has 2 heterocycles. The van der Waals surface area contributed by atoms with Crippen LogP contribution in [0.3, 0.4) is 0 Å². The first kappa shape index (κ1) is 23.5. The number of thiazole rings is 1. The van der Waals surface area contributed by atoms with Crippen molar-refractivity contribution in [2.45, 2.75) is 39.1 Å². The Morgan fingerprint density at radius 1 is 1.16 bits per heavy atom. The lowest BCUT2D eigenvalue weighted by molar-refractivity contribution is 0.0512. The number of ether oxygens (including phenoxy) is 1. The topological polar surface area (TPSA) is 119 Å². The highest BCUT2D eigenvalue weighted by molar-refractivity contribution is 7.93. The van der Waals surface area contributed by atoms with Crippen LogP contribution < -0.4 is 10.0 Å². The molecule has 9 nitrogen and oxygen atoms in total. The van der Waals surface area contributed by atoms with Crippen LogP contribution in [0, 0.1) is 13.8 Å². The van der Waals surface area contributed by atoms with E-state index in [0.29, 0.717) is 34.7 Å². The van der Waals surface area contributed by atoms with E-state index in [4.69, 9.17) is 4.74 Å². The van der Waals surface area contributed by atoms with E-state index in [2.05, 4.69) is 15.0 Å². The molecular weight excluding hydrogens is 452 g/mol. The third-order valence-corrected chi connectivity index (χ3v) is 7.03. The summed E-state index contributed by atoms with van der Waals surface area (Å²) in [6.07, 6.45) is 1.50. The molecule has 0 bridgehead atoms. The Kier molecular flexibility index (Phi) is 6.99. The highest BCUT2D eigenvalue weighted by Gasteiger charge is 2.26. The number of amides is 1. The van der Waals surface area contributed by atoms with Gasteiger partial charge in [-0.3, -0.25) is 9.52 Å². The molecule has 0 saturated carbocycles. The van der Waals surface area contributed by atoms with E-state index >= 15 is 0 Å². The van der Waals surface area contributed by atoms with Gasteiger partial charge in [0.25, 0.3) is 15.9 Å². The summed E-state index contributed by atoms with van der Waals surface area (Å²) in [5, 5.41) is 4.71. The molecule has 2 N–H and O–H groups in total. The summed E-state index contributed by atoms with van der Waals surface area (Å²) < 4.78 is 34.2. The molecule has 1 aromatic carbocycles. The van der Waals surface area contributed by atoms with Gasteiger partial charge in [0.15, 0.2) is 5.13 Å². The molecule has 0 atom stereocenters. The van der Waals surface area contributed by atoms with Gasteiger partial charge in [0.1, 0.15) is 5.69 Å². The predicted octanol–water partition coefficient (Wildman–Crippen LogP) is 3.81. The van der Waals surface area contributed by atoms with Crippen molar-refractivity contribution in [3.05, 3.63) is 58.4 Å². The Morgan fingerprint density at radius 3 is 2.41 bits per heavy atom. The van der Waals surface area contributed by atoms with E-state index in [1.54, 1.807) is 30.7 Å². The highest BCUT2D eigenvalue weighted by atomic mass is 32.2. The van der Waals surface area contributed by atoms with Crippen molar-refractivity contribution in [2.75, 3.05) is 16.6 Å². The van der Waals surface area contributed by atoms with Gasteiger partial charge < -0.3 is 14.6 Å². The second kappa shape index (κ2) is 9.53. The minimum atomic E-state index is -3.78. The second-order valence-electron chi connectivity index (χ2n) is 6.82. The third kappa shape index (κ3) is 4.68. The van der Waals surface area contributed by atoms with Crippen molar-refractivity contribution in [1.29, 1.82) is 0 Å². The molecule has 0 aliphatic rings. The van der Waals surface area contributed by atoms with Gasteiger partial charge in [-0.05, 0) is 57.5 Å². The molecule has 11 heteroatoms. The molecule has 0 aliphatic heterocycles. The number of benzene rings is 1. The Bertz CT molecular complexity index is 1230. The van der Waals surface area contributed by atoms with Gasteiger partial charge in [-0.2, -0.15) is 0 Å². The van der Waals surface area contributed by atoms with Gasteiger partial charge in [-0.15, -0.1) is 11.3 Å². The maximum Gasteiger partial charge on any atom is 0.355 e. The van der Waals surface area contributed by atoms with Gasteiger partial charge in [-0.1, -0.05) is 0 Å². The van der Waals surface area contributed by atoms with Crippen molar-refractivity contribution in [2.24, 2.45) is 0 Å². The van der Waals surface area contributed by atoms with Crippen LogP contribution in [0.4, 0.5) is 10.8 Å². The van der Waals surface area contributed by atoms with Gasteiger partial charge in [0.2, 0.25) is 0 Å². The summed E-state index contributed by atoms with van der Waals surface area (Å²) in [6, 6.07) is 5.79. The smallest absolute Gasteiger partial charge is 0.355 e. The van der Waals surface area contributed by atoms with Crippen LogP contribution in [-0.4, -0.2) is 36.5 Å². The monoisotopic (exact) mass is 476 g/mol. The van der Waals surface area contributed by atoms with Crippen LogP contribution in [-0.2, 0) is 21.3 Å². The Balaban J connectivity index is 1.83. The van der Waals surface area contributed by atoms with E-state index in [1.165, 1.54) is 41.8 Å². The molecule has 0 aliphatic carbocycles. The van der Waals surface area contributed by atoms with Crippen LogP contribution in [0.1, 0.15) is 46.0 Å². The normalized spacial score (nSPS) is 11.2. The molecule has 32 heavy (non-hydrogen) atoms. The third-order valence-electron chi connectivity index (χ3n) is 4.86. The van der Waals surface area contributed by atoms with E-state index in [9.17, 15) is 18.0 Å². The Morgan fingerprint density at radius 2 is 1.84 bits per heavy atom. The largest absolute Gasteiger partial charge is 0.461 e. The number of sulfonamides is 1. The number of hydrogen-bond acceptors (Lipinski definition) is 7. The summed E-state index contributed by atoms with van der Waals surface area (Å²) in [5.74, 6) is -0.870. The van der Waals surface area contributed by atoms with Gasteiger partial charge >= 0.3 is 5.97 Å². The van der Waals surface area contributed by atoms with E-state index in [-0.39, 0.29) is 16.6 Å². The number of aromatic nitrogens is 2. The number of carbonyl (C=O) groups is 2. The Labute approximate surface area is 190 Å². The van der Waals surface area contributed by atoms with Crippen molar-refractivity contribution in [1.82, 2.24) is 9.55 Å². The summed E-state index contributed by atoms with van der Waals surface area (Å²) in [7, 11) is -3.78. The molecule has 3 aromatic rings. The molecule has 170 valence electrons. The van der Waals surface area contributed by atoms with Crippen molar-refractivity contribution in [3.63, 3.8) is 0 Å². The first-order valence-corrected chi connectivity index (χ1v) is 12.3. The van der Waals surface area contributed by atoms with Crippen LogP contribution >= 0.6 is 11.3 Å². The van der Waals surface area contributed by atoms with Gasteiger partial charge in [0, 0.05) is 29.5 Å². The molecule has 0 fully saturated rings. The first-order valence-electron chi connectivity index (χ1n) is 9.90. The van der Waals surface area contributed by atoms with Crippen molar-refractivity contribution < 1.29 is 22.7 Å². The lowest BCUT2D eigenvalue weighted by atomic mass is 10.1. The first-order chi connectivity index (χ1) is 15.2. The molecule has 1 amide bonds. The fourth-order valence-corrected chi connectivity index (χ4v) is 5.23. The molecule has 0 saturated heterocycles. The van der Waals surface area contributed by atoms with Crippen LogP contribution in [0.25, 0.3) is 0 Å². The Hall–Kier alpha value is -3.18. The quantitative estimate of drug-likeness (QED) is 0.477. The zero-order valence-electron chi connectivity index (χ0n) is 18.1. The number of nitrogens with zero attached hydrogens (tertiary/aromatic N) is 2. The fourth-order valence-electron chi connectivity index (χ4n) is 3.45. The molecular formula is C21H24N4O5S2. The molecule has 3 rings (SSSR count). The highest BCUT2D eigenvalue weighted by Crippen LogP contribution is 2.25. The zero-order valence-corrected chi connectivity index (χ0v) is 19.8. The maximum atomic E-state index is 13.0. The molecule has 2 aromatic heterocycles. The number of anilines is 2. The lowest BCUT2D eigenvalue weighted by Crippen LogP contribution is -2.15. The van der Waals surface area contributed by atoms with Crippen LogP contribution in [0.2, 0.25) is 0 Å². The second-order valence-corrected chi connectivity index (χ2v) is 9.40. The average Bonchev–Trinajstić information content (AvgIpc) is 3.33. The SMILES string of the molecule is CCOC(=O)c1c(C)c(C(=O)Nc2ccc(S(=O)(=O)Nc3nccs3)cc2)c(C)n1CC. The van der Waals surface area contributed by atoms with Crippen molar-refractivity contribution >= 4 is 44.1 Å². The van der Waals surface area contributed by atoms with E-state index in [1.807, 2.05) is 6.92 Å². The summed E-state index contributed by atoms with van der Waals surface area (Å²) in [4.78, 5) is 29.3. The zero-order chi connectivity index (χ0) is 23.5. The number of esters is 1. The summed E-state index contributed by atoms with van der Waals surface area (Å²) in [6.45, 7) is 7.83. The van der Waals surface area contributed by atoms with Crippen molar-refractivity contribution in [3.8, 4) is 0 Å². The van der Waals surface area contributed by atoms with E-state index in [0.717, 1.165) is 0 Å². The predicted molar refractivity (Wildman–Crippen MR) is 123 cm³/mol. The number of hydrogen-bond donors (Lipinski definition) is 2. The molecule has 0 spiro atoms. The lowest BCUT2D eigenvalue weighted by Gasteiger charge is -2.09. The molecule has 0 radical (unpaired) electrons. The fraction of sp³-hybridized carbons (Fsp3) is 0.286. The minimum absolute atomic E-state index is 0.0415. The number of nitrogens with one attached hydrogen (secondary N) is 2. The van der Waals surface area contributed by atoms with E-state index < -0.39 is 21.9 Å². The number of carbonyl (C=O) groups excluding carboxylic acids is 2. The average molecular weight is 477 g/mol. The maximum absolute atomic E-state index is 13.0. The molecule has 0 unspecified atom stereocenters. The standard InChI is InChI=1S/C21H24N4O5S2/c1-5-25-14(4)17(13(3)18(25)20(27)30-6-2)19(26)23-15-7-9-16(10-8-15)32(28,29)24-21-22-11-12-31-21/h7-12H,5-6H2,1-4H3,(H,22,24)(H,23,26). The van der Waals surface area contributed by atoms with Gasteiger partial charge in [-0.25, -0.2) is 18.2 Å². The van der Waals surface area contributed by atoms with Crippen LogP contribution in [0.5, 0.6) is 0 Å². The summed E-state index contributed by atoms with van der Waals surface area (Å²) >= 11 is 1.17. The summed E-state index contributed by atoms with van der Waals surface area (Å²) in [5.41, 5.74) is 2.34. The minimum Gasteiger partial charge on any atom is -0.461 e. The van der Waals surface area contributed by atoms with Crippen LogP contribution in [0.15, 0.2) is 40.7 Å². The number of rotatable bonds is 8. The van der Waals surface area contributed by atoms with Gasteiger partial charge in [0.05, 0.1) is 17.1 Å².